The molecular weight excluding hydrogens is 200 g/mol. The lowest BCUT2D eigenvalue weighted by atomic mass is 10.2. The second-order valence-corrected chi connectivity index (χ2v) is 3.01. The minimum absolute atomic E-state index is 0.0929. The van der Waals surface area contributed by atoms with Crippen LogP contribution in [0.2, 0.25) is 0 Å². The van der Waals surface area contributed by atoms with Gasteiger partial charge >= 0.3 is 0 Å². The van der Waals surface area contributed by atoms with Crippen molar-refractivity contribution in [3.8, 4) is 0 Å². The lowest BCUT2D eigenvalue weighted by Crippen LogP contribution is -2.25. The number of rotatable bonds is 7. The van der Waals surface area contributed by atoms with Gasteiger partial charge in [0.05, 0.1) is 14.2 Å². The number of carbonyl (C=O) groups is 2. The van der Waals surface area contributed by atoms with Crippen LogP contribution in [0, 0.1) is 0 Å². The molecule has 0 rings (SSSR count). The molecule has 0 aliphatic heterocycles. The highest BCUT2D eigenvalue weighted by Crippen LogP contribution is 2.02. The van der Waals surface area contributed by atoms with E-state index in [9.17, 15) is 9.59 Å². The Morgan fingerprint density at radius 3 is 2.33 bits per heavy atom. The molecule has 6 heteroatoms. The maximum absolute atomic E-state index is 11.2. The molecule has 0 radical (unpaired) electrons. The molecule has 88 valence electrons. The van der Waals surface area contributed by atoms with Crippen LogP contribution in [0.4, 0.5) is 0 Å². The van der Waals surface area contributed by atoms with Crippen molar-refractivity contribution in [3.05, 3.63) is 0 Å². The van der Waals surface area contributed by atoms with E-state index in [0.29, 0.717) is 25.7 Å². The summed E-state index contributed by atoms with van der Waals surface area (Å²) in [5.74, 6) is -0.269. The van der Waals surface area contributed by atoms with Crippen molar-refractivity contribution in [1.29, 1.82) is 0 Å². The quantitative estimate of drug-likeness (QED) is 0.491. The monoisotopic (exact) mass is 218 g/mol. The van der Waals surface area contributed by atoms with Gasteiger partial charge in [0.1, 0.15) is 0 Å². The summed E-state index contributed by atoms with van der Waals surface area (Å²) in [5, 5.41) is 1.18. The van der Waals surface area contributed by atoms with E-state index in [2.05, 4.69) is 10.3 Å². The Labute approximate surface area is 89.4 Å². The summed E-state index contributed by atoms with van der Waals surface area (Å²) in [5.41, 5.74) is 2.21. The standard InChI is InChI=1S/C9H18N2O4/c1-11(15-3)9(13)7-5-4-6-8(12)10-14-2/h4-7H2,1-3H3,(H,10,12). The van der Waals surface area contributed by atoms with E-state index in [0.717, 1.165) is 0 Å². The number of hydrogen-bond acceptors (Lipinski definition) is 4. The highest BCUT2D eigenvalue weighted by Gasteiger charge is 2.07. The third kappa shape index (κ3) is 6.87. The fourth-order valence-corrected chi connectivity index (χ4v) is 0.986. The first-order chi connectivity index (χ1) is 7.11. The van der Waals surface area contributed by atoms with Gasteiger partial charge in [0.2, 0.25) is 11.8 Å². The number of hydroxylamine groups is 3. The first-order valence-corrected chi connectivity index (χ1v) is 4.74. The normalized spacial score (nSPS) is 9.80. The molecule has 0 fully saturated rings. The molecule has 0 spiro atoms. The van der Waals surface area contributed by atoms with E-state index >= 15 is 0 Å². The van der Waals surface area contributed by atoms with Gasteiger partial charge in [0, 0.05) is 19.9 Å². The summed E-state index contributed by atoms with van der Waals surface area (Å²) >= 11 is 0. The Balaban J connectivity index is 3.46. The van der Waals surface area contributed by atoms with Gasteiger partial charge < -0.3 is 0 Å². The summed E-state index contributed by atoms with van der Waals surface area (Å²) in [4.78, 5) is 31.3. The molecule has 6 nitrogen and oxygen atoms in total. The lowest BCUT2D eigenvalue weighted by molar-refractivity contribution is -0.168. The summed E-state index contributed by atoms with van der Waals surface area (Å²) in [6.45, 7) is 0. The van der Waals surface area contributed by atoms with E-state index in [1.165, 1.54) is 19.3 Å². The van der Waals surface area contributed by atoms with E-state index in [1.54, 1.807) is 7.05 Å². The summed E-state index contributed by atoms with van der Waals surface area (Å²) < 4.78 is 0. The van der Waals surface area contributed by atoms with Crippen molar-refractivity contribution in [2.24, 2.45) is 0 Å². The van der Waals surface area contributed by atoms with E-state index < -0.39 is 0 Å². The van der Waals surface area contributed by atoms with Crippen LogP contribution in [0.15, 0.2) is 0 Å². The average molecular weight is 218 g/mol. The summed E-state index contributed by atoms with van der Waals surface area (Å²) in [7, 11) is 4.37. The molecule has 0 aromatic carbocycles. The average Bonchev–Trinajstić information content (AvgIpc) is 2.23. The molecule has 0 atom stereocenters. The Kier molecular flexibility index (Phi) is 7.57. The van der Waals surface area contributed by atoms with Gasteiger partial charge in [-0.3, -0.25) is 19.3 Å². The Morgan fingerprint density at radius 1 is 1.20 bits per heavy atom. The molecule has 0 aromatic heterocycles. The van der Waals surface area contributed by atoms with Gasteiger partial charge in [-0.2, -0.15) is 0 Å². The molecule has 15 heavy (non-hydrogen) atoms. The molecule has 0 aliphatic carbocycles. The third-order valence-corrected chi connectivity index (χ3v) is 1.89. The molecule has 0 aliphatic rings. The van der Waals surface area contributed by atoms with E-state index in [1.807, 2.05) is 0 Å². The Bertz CT molecular complexity index is 208. The van der Waals surface area contributed by atoms with Crippen molar-refractivity contribution >= 4 is 11.8 Å². The second-order valence-electron chi connectivity index (χ2n) is 3.01. The van der Waals surface area contributed by atoms with Gasteiger partial charge in [-0.25, -0.2) is 10.5 Å². The fraction of sp³-hybridized carbons (Fsp3) is 0.778. The Hall–Kier alpha value is -1.14. The van der Waals surface area contributed by atoms with Gasteiger partial charge in [0.15, 0.2) is 0 Å². The van der Waals surface area contributed by atoms with E-state index in [-0.39, 0.29) is 11.8 Å². The van der Waals surface area contributed by atoms with Crippen LogP contribution >= 0.6 is 0 Å². The van der Waals surface area contributed by atoms with E-state index in [4.69, 9.17) is 4.84 Å². The Morgan fingerprint density at radius 2 is 1.80 bits per heavy atom. The molecule has 0 aromatic rings. The van der Waals surface area contributed by atoms with Crippen LogP contribution in [0.25, 0.3) is 0 Å². The van der Waals surface area contributed by atoms with Crippen LogP contribution in [0.1, 0.15) is 25.7 Å². The third-order valence-electron chi connectivity index (χ3n) is 1.89. The highest BCUT2D eigenvalue weighted by atomic mass is 16.7. The number of hydrogen-bond donors (Lipinski definition) is 1. The maximum atomic E-state index is 11.2. The molecule has 2 amide bonds. The van der Waals surface area contributed by atoms with Crippen molar-refractivity contribution in [2.45, 2.75) is 25.7 Å². The number of nitrogens with one attached hydrogen (secondary N) is 1. The number of amides is 2. The maximum Gasteiger partial charge on any atom is 0.245 e. The first-order valence-electron chi connectivity index (χ1n) is 4.74. The van der Waals surface area contributed by atoms with Crippen LogP contribution in [0.5, 0.6) is 0 Å². The smallest absolute Gasteiger partial charge is 0.245 e. The minimum Gasteiger partial charge on any atom is -0.277 e. The van der Waals surface area contributed by atoms with Crippen LogP contribution in [-0.4, -0.2) is 38.1 Å². The van der Waals surface area contributed by atoms with Crippen molar-refractivity contribution < 1.29 is 19.3 Å². The molecule has 0 bridgehead atoms. The van der Waals surface area contributed by atoms with Crippen molar-refractivity contribution in [3.63, 3.8) is 0 Å². The molecule has 0 heterocycles. The van der Waals surface area contributed by atoms with Crippen LogP contribution in [-0.2, 0) is 19.3 Å². The molecule has 0 unspecified atom stereocenters. The zero-order valence-corrected chi connectivity index (χ0v) is 9.41. The lowest BCUT2D eigenvalue weighted by Gasteiger charge is -2.12. The molecular formula is C9H18N2O4. The predicted molar refractivity (Wildman–Crippen MR) is 53.4 cm³/mol. The van der Waals surface area contributed by atoms with Crippen molar-refractivity contribution in [2.75, 3.05) is 21.3 Å². The van der Waals surface area contributed by atoms with Gasteiger partial charge in [-0.15, -0.1) is 0 Å². The summed E-state index contributed by atoms with van der Waals surface area (Å²) in [6.07, 6.45) is 2.05. The predicted octanol–water partition coefficient (Wildman–Crippen LogP) is 0.244. The first kappa shape index (κ1) is 13.9. The largest absolute Gasteiger partial charge is 0.277 e. The second kappa shape index (κ2) is 8.19. The fourth-order valence-electron chi connectivity index (χ4n) is 0.986. The van der Waals surface area contributed by atoms with Crippen LogP contribution in [0.3, 0.4) is 0 Å². The van der Waals surface area contributed by atoms with Gasteiger partial charge in [0.25, 0.3) is 0 Å². The number of unbranched alkanes of at least 4 members (excludes halogenated alkanes) is 1. The van der Waals surface area contributed by atoms with Crippen LogP contribution < -0.4 is 5.48 Å². The zero-order chi connectivity index (χ0) is 11.7. The number of nitrogens with zero attached hydrogens (tertiary/aromatic N) is 1. The van der Waals surface area contributed by atoms with Gasteiger partial charge in [-0.05, 0) is 12.8 Å². The van der Waals surface area contributed by atoms with Gasteiger partial charge in [-0.1, -0.05) is 0 Å². The molecule has 0 saturated carbocycles. The highest BCUT2D eigenvalue weighted by molar-refractivity contribution is 5.75. The topological polar surface area (TPSA) is 67.9 Å². The van der Waals surface area contributed by atoms with Crippen molar-refractivity contribution in [1.82, 2.24) is 10.5 Å². The molecule has 1 N–H and O–H groups in total. The minimum atomic E-state index is -0.176. The summed E-state index contributed by atoms with van der Waals surface area (Å²) in [6, 6.07) is 0. The zero-order valence-electron chi connectivity index (χ0n) is 9.41. The SMILES string of the molecule is CONC(=O)CCCCC(=O)N(C)OC. The molecule has 0 saturated heterocycles. The number of carbonyl (C=O) groups excluding carboxylic acids is 2.